The maximum absolute atomic E-state index is 12.1. The fourth-order valence-electron chi connectivity index (χ4n) is 1.67. The van der Waals surface area contributed by atoms with E-state index in [1.165, 1.54) is 6.20 Å². The summed E-state index contributed by atoms with van der Waals surface area (Å²) in [5.74, 6) is -0.254. The van der Waals surface area contributed by atoms with Gasteiger partial charge in [-0.25, -0.2) is 0 Å². The minimum atomic E-state index is -0.254. The number of nitrogens with zero attached hydrogens (tertiary/aromatic N) is 2. The molecule has 0 saturated heterocycles. The second-order valence-corrected chi connectivity index (χ2v) is 4.66. The predicted molar refractivity (Wildman–Crippen MR) is 74.1 cm³/mol. The third-order valence-electron chi connectivity index (χ3n) is 2.71. The quantitative estimate of drug-likeness (QED) is 0.937. The zero-order valence-electron chi connectivity index (χ0n) is 10.7. The lowest BCUT2D eigenvalue weighted by molar-refractivity contribution is 0.0939. The van der Waals surface area contributed by atoms with Crippen LogP contribution in [0.3, 0.4) is 0 Å². The number of carbonyl (C=O) groups is 1. The maximum atomic E-state index is 12.1. The van der Waals surface area contributed by atoms with Crippen molar-refractivity contribution in [2.75, 3.05) is 0 Å². The second-order valence-electron chi connectivity index (χ2n) is 4.26. The standard InChI is InChI=1S/C14H14ClN3O/c1-9-7-12(15)11(8-17-9)14(19)18-10(2)13-5-3-4-6-16-13/h3-8,10H,1-2H3,(H,18,19). The van der Waals surface area contributed by atoms with Crippen LogP contribution in [-0.4, -0.2) is 15.9 Å². The third kappa shape index (κ3) is 3.29. The molecule has 0 aromatic carbocycles. The van der Waals surface area contributed by atoms with Crippen molar-refractivity contribution in [2.24, 2.45) is 0 Å². The molecule has 19 heavy (non-hydrogen) atoms. The molecule has 0 aliphatic carbocycles. The van der Waals surface area contributed by atoms with E-state index in [0.717, 1.165) is 11.4 Å². The van der Waals surface area contributed by atoms with E-state index in [9.17, 15) is 4.79 Å². The van der Waals surface area contributed by atoms with Gasteiger partial charge in [-0.2, -0.15) is 0 Å². The smallest absolute Gasteiger partial charge is 0.254 e. The summed E-state index contributed by atoms with van der Waals surface area (Å²) in [5.41, 5.74) is 1.95. The Kier molecular flexibility index (Phi) is 4.12. The van der Waals surface area contributed by atoms with E-state index in [4.69, 9.17) is 11.6 Å². The summed E-state index contributed by atoms with van der Waals surface area (Å²) < 4.78 is 0. The van der Waals surface area contributed by atoms with Crippen LogP contribution in [-0.2, 0) is 0 Å². The highest BCUT2D eigenvalue weighted by atomic mass is 35.5. The molecule has 0 aliphatic heterocycles. The first-order chi connectivity index (χ1) is 9.08. The number of halogens is 1. The van der Waals surface area contributed by atoms with Gasteiger partial charge in [0.15, 0.2) is 0 Å². The molecular weight excluding hydrogens is 262 g/mol. The molecule has 0 saturated carbocycles. The van der Waals surface area contributed by atoms with Crippen molar-refractivity contribution in [3.63, 3.8) is 0 Å². The fraction of sp³-hybridized carbons (Fsp3) is 0.214. The van der Waals surface area contributed by atoms with Gasteiger partial charge in [0.05, 0.1) is 22.3 Å². The van der Waals surface area contributed by atoms with Gasteiger partial charge in [-0.1, -0.05) is 17.7 Å². The average molecular weight is 276 g/mol. The summed E-state index contributed by atoms with van der Waals surface area (Å²) in [6.45, 7) is 3.69. The molecule has 2 rings (SSSR count). The molecule has 2 heterocycles. The van der Waals surface area contributed by atoms with Crippen molar-refractivity contribution in [1.29, 1.82) is 0 Å². The van der Waals surface area contributed by atoms with Gasteiger partial charge >= 0.3 is 0 Å². The van der Waals surface area contributed by atoms with Gasteiger partial charge in [-0.3, -0.25) is 14.8 Å². The zero-order chi connectivity index (χ0) is 13.8. The molecule has 4 nitrogen and oxygen atoms in total. The molecule has 0 fully saturated rings. The molecule has 1 atom stereocenters. The summed E-state index contributed by atoms with van der Waals surface area (Å²) in [4.78, 5) is 20.4. The van der Waals surface area contributed by atoms with Crippen molar-refractivity contribution < 1.29 is 4.79 Å². The first-order valence-corrected chi connectivity index (χ1v) is 6.29. The Morgan fingerprint density at radius 1 is 1.37 bits per heavy atom. The Labute approximate surface area is 116 Å². The molecular formula is C14H14ClN3O. The lowest BCUT2D eigenvalue weighted by Gasteiger charge is -2.13. The van der Waals surface area contributed by atoms with Crippen molar-refractivity contribution in [1.82, 2.24) is 15.3 Å². The topological polar surface area (TPSA) is 54.9 Å². The number of carbonyl (C=O) groups excluding carboxylic acids is 1. The predicted octanol–water partition coefficient (Wildman–Crippen LogP) is 2.93. The zero-order valence-corrected chi connectivity index (χ0v) is 11.5. The van der Waals surface area contributed by atoms with E-state index >= 15 is 0 Å². The Morgan fingerprint density at radius 2 is 2.16 bits per heavy atom. The Hall–Kier alpha value is -1.94. The number of aromatic nitrogens is 2. The molecule has 0 radical (unpaired) electrons. The van der Waals surface area contributed by atoms with Crippen molar-refractivity contribution in [3.8, 4) is 0 Å². The number of amides is 1. The van der Waals surface area contributed by atoms with E-state index in [1.54, 1.807) is 12.3 Å². The monoisotopic (exact) mass is 275 g/mol. The van der Waals surface area contributed by atoms with Gasteiger partial charge in [0.2, 0.25) is 0 Å². The van der Waals surface area contributed by atoms with E-state index in [-0.39, 0.29) is 11.9 Å². The first-order valence-electron chi connectivity index (χ1n) is 5.92. The number of aryl methyl sites for hydroxylation is 1. The molecule has 2 aromatic rings. The van der Waals surface area contributed by atoms with Crippen LogP contribution in [0, 0.1) is 6.92 Å². The van der Waals surface area contributed by atoms with Gasteiger partial charge in [-0.05, 0) is 32.0 Å². The highest BCUT2D eigenvalue weighted by molar-refractivity contribution is 6.33. The van der Waals surface area contributed by atoms with Crippen molar-refractivity contribution in [3.05, 3.63) is 58.6 Å². The lowest BCUT2D eigenvalue weighted by atomic mass is 10.2. The third-order valence-corrected chi connectivity index (χ3v) is 3.03. The van der Waals surface area contributed by atoms with Crippen LogP contribution in [0.2, 0.25) is 5.02 Å². The summed E-state index contributed by atoms with van der Waals surface area (Å²) in [7, 11) is 0. The molecule has 2 aromatic heterocycles. The second kappa shape index (κ2) is 5.80. The number of nitrogens with one attached hydrogen (secondary N) is 1. The van der Waals surface area contributed by atoms with Crippen LogP contribution in [0.15, 0.2) is 36.7 Å². The first kappa shape index (κ1) is 13.5. The SMILES string of the molecule is Cc1cc(Cl)c(C(=O)NC(C)c2ccccn2)cn1. The van der Waals surface area contributed by atoms with Crippen molar-refractivity contribution >= 4 is 17.5 Å². The highest BCUT2D eigenvalue weighted by Crippen LogP contribution is 2.17. The van der Waals surface area contributed by atoms with Crippen LogP contribution in [0.1, 0.15) is 34.7 Å². The summed E-state index contributed by atoms with van der Waals surface area (Å²) >= 11 is 6.04. The van der Waals surface area contributed by atoms with Crippen LogP contribution in [0.4, 0.5) is 0 Å². The number of hydrogen-bond donors (Lipinski definition) is 1. The Bertz CT molecular complexity index is 586. The Morgan fingerprint density at radius 3 is 2.79 bits per heavy atom. The van der Waals surface area contributed by atoms with Crippen LogP contribution in [0.5, 0.6) is 0 Å². The largest absolute Gasteiger partial charge is 0.344 e. The number of hydrogen-bond acceptors (Lipinski definition) is 3. The normalized spacial score (nSPS) is 11.9. The van der Waals surface area contributed by atoms with Gasteiger partial charge in [0.1, 0.15) is 0 Å². The van der Waals surface area contributed by atoms with Gasteiger partial charge in [0, 0.05) is 18.1 Å². The molecule has 0 bridgehead atoms. The average Bonchev–Trinajstić information content (AvgIpc) is 2.39. The van der Waals surface area contributed by atoms with E-state index in [2.05, 4.69) is 15.3 Å². The molecule has 0 aliphatic rings. The minimum Gasteiger partial charge on any atom is -0.344 e. The molecule has 98 valence electrons. The van der Waals surface area contributed by atoms with Crippen LogP contribution >= 0.6 is 11.6 Å². The lowest BCUT2D eigenvalue weighted by Crippen LogP contribution is -2.27. The molecule has 0 spiro atoms. The maximum Gasteiger partial charge on any atom is 0.254 e. The van der Waals surface area contributed by atoms with Gasteiger partial charge < -0.3 is 5.32 Å². The molecule has 1 amide bonds. The van der Waals surface area contributed by atoms with Crippen LogP contribution < -0.4 is 5.32 Å². The fourth-order valence-corrected chi connectivity index (χ4v) is 1.97. The number of pyridine rings is 2. The van der Waals surface area contributed by atoms with E-state index in [0.29, 0.717) is 10.6 Å². The molecule has 5 heteroatoms. The Balaban J connectivity index is 2.13. The molecule has 1 N–H and O–H groups in total. The van der Waals surface area contributed by atoms with Gasteiger partial charge in [0.25, 0.3) is 5.91 Å². The van der Waals surface area contributed by atoms with E-state index < -0.39 is 0 Å². The van der Waals surface area contributed by atoms with E-state index in [1.807, 2.05) is 32.0 Å². The highest BCUT2D eigenvalue weighted by Gasteiger charge is 2.15. The van der Waals surface area contributed by atoms with Crippen LogP contribution in [0.25, 0.3) is 0 Å². The summed E-state index contributed by atoms with van der Waals surface area (Å²) in [5, 5.41) is 3.25. The summed E-state index contributed by atoms with van der Waals surface area (Å²) in [6, 6.07) is 7.05. The van der Waals surface area contributed by atoms with Crippen molar-refractivity contribution in [2.45, 2.75) is 19.9 Å². The summed E-state index contributed by atoms with van der Waals surface area (Å²) in [6.07, 6.45) is 3.18. The van der Waals surface area contributed by atoms with Gasteiger partial charge in [-0.15, -0.1) is 0 Å². The number of rotatable bonds is 3. The molecule has 1 unspecified atom stereocenters. The minimum absolute atomic E-state index is 0.189.